The summed E-state index contributed by atoms with van der Waals surface area (Å²) in [7, 11) is 0. The van der Waals surface area contributed by atoms with Crippen molar-refractivity contribution >= 4 is 5.65 Å². The number of nitrogens with zero attached hydrogens (tertiary/aromatic N) is 2. The lowest BCUT2D eigenvalue weighted by Crippen LogP contribution is -2.04. The van der Waals surface area contributed by atoms with Crippen LogP contribution in [0.2, 0.25) is 0 Å². The monoisotopic (exact) mass is 284 g/mol. The second-order valence-corrected chi connectivity index (χ2v) is 4.04. The minimum absolute atomic E-state index is 0.325. The molecule has 0 amide bonds. The van der Waals surface area contributed by atoms with Gasteiger partial charge in [0, 0.05) is 12.4 Å². The van der Waals surface area contributed by atoms with E-state index in [9.17, 15) is 22.0 Å². The molecule has 0 radical (unpaired) electrons. The first-order valence-electron chi connectivity index (χ1n) is 5.46. The Morgan fingerprint density at radius 3 is 2.00 bits per heavy atom. The summed E-state index contributed by atoms with van der Waals surface area (Å²) in [4.78, 5) is 3.84. The first kappa shape index (κ1) is 12.6. The molecule has 3 rings (SSSR count). The number of hydrogen-bond acceptors (Lipinski definition) is 1. The van der Waals surface area contributed by atoms with Gasteiger partial charge in [0.25, 0.3) is 0 Å². The highest BCUT2D eigenvalue weighted by atomic mass is 19.2. The Labute approximate surface area is 109 Å². The molecule has 7 heteroatoms. The fourth-order valence-electron chi connectivity index (χ4n) is 1.88. The van der Waals surface area contributed by atoms with Gasteiger partial charge in [0.2, 0.25) is 5.82 Å². The summed E-state index contributed by atoms with van der Waals surface area (Å²) in [6.45, 7) is 0. The molecule has 0 N–H and O–H groups in total. The summed E-state index contributed by atoms with van der Waals surface area (Å²) >= 11 is 0. The predicted molar refractivity (Wildman–Crippen MR) is 60.4 cm³/mol. The molecule has 0 spiro atoms. The second-order valence-electron chi connectivity index (χ2n) is 4.04. The Bertz CT molecular complexity index is 763. The van der Waals surface area contributed by atoms with Gasteiger partial charge in [-0.1, -0.05) is 6.07 Å². The summed E-state index contributed by atoms with van der Waals surface area (Å²) in [5.74, 6) is -9.96. The van der Waals surface area contributed by atoms with E-state index in [4.69, 9.17) is 0 Å². The minimum Gasteiger partial charge on any atom is -0.306 e. The molecule has 20 heavy (non-hydrogen) atoms. The van der Waals surface area contributed by atoms with Gasteiger partial charge in [-0.3, -0.25) is 0 Å². The summed E-state index contributed by atoms with van der Waals surface area (Å²) in [6, 6.07) is 4.80. The molecule has 2 nitrogen and oxygen atoms in total. The highest BCUT2D eigenvalue weighted by Crippen LogP contribution is 2.30. The van der Waals surface area contributed by atoms with Gasteiger partial charge in [0.15, 0.2) is 23.3 Å². The Balaban J connectivity index is 2.34. The van der Waals surface area contributed by atoms with Crippen LogP contribution in [-0.4, -0.2) is 9.38 Å². The summed E-state index contributed by atoms with van der Waals surface area (Å²) in [5, 5.41) is 0. The highest BCUT2D eigenvalue weighted by molar-refractivity contribution is 5.64. The Kier molecular flexibility index (Phi) is 2.70. The van der Waals surface area contributed by atoms with Crippen molar-refractivity contribution in [2.24, 2.45) is 0 Å². The number of hydrogen-bond donors (Lipinski definition) is 0. The van der Waals surface area contributed by atoms with E-state index in [1.807, 2.05) is 0 Å². The zero-order chi connectivity index (χ0) is 14.4. The maximum atomic E-state index is 13.6. The molecule has 0 aliphatic heterocycles. The van der Waals surface area contributed by atoms with Gasteiger partial charge in [0.1, 0.15) is 5.65 Å². The average Bonchev–Trinajstić information content (AvgIpc) is 2.86. The standard InChI is InChI=1S/C13H5F5N2/c14-9-8(10(15)12(17)13(18)11(9)16)6-5-20-4-2-1-3-7(20)19-6/h1-5H. The molecule has 2 aromatic heterocycles. The lowest BCUT2D eigenvalue weighted by molar-refractivity contribution is 0.381. The van der Waals surface area contributed by atoms with Gasteiger partial charge in [-0.25, -0.2) is 26.9 Å². The molecular weight excluding hydrogens is 279 g/mol. The fourth-order valence-corrected chi connectivity index (χ4v) is 1.88. The zero-order valence-electron chi connectivity index (χ0n) is 9.67. The van der Waals surface area contributed by atoms with E-state index in [0.29, 0.717) is 5.65 Å². The van der Waals surface area contributed by atoms with Gasteiger partial charge in [-0.15, -0.1) is 0 Å². The van der Waals surface area contributed by atoms with Crippen LogP contribution in [0, 0.1) is 29.1 Å². The quantitative estimate of drug-likeness (QED) is 0.378. The molecular formula is C13H5F5N2. The molecule has 0 saturated heterocycles. The number of benzene rings is 1. The zero-order valence-corrected chi connectivity index (χ0v) is 9.67. The van der Waals surface area contributed by atoms with Crippen molar-refractivity contribution in [1.29, 1.82) is 0 Å². The molecule has 3 aromatic rings. The maximum Gasteiger partial charge on any atom is 0.200 e. The number of imidazole rings is 1. The number of halogens is 5. The van der Waals surface area contributed by atoms with E-state index >= 15 is 0 Å². The normalized spacial score (nSPS) is 11.2. The lowest BCUT2D eigenvalue weighted by Gasteiger charge is -2.05. The van der Waals surface area contributed by atoms with Crippen LogP contribution in [0.15, 0.2) is 30.6 Å². The van der Waals surface area contributed by atoms with Crippen LogP contribution in [0.4, 0.5) is 22.0 Å². The molecule has 0 aliphatic carbocycles. The lowest BCUT2D eigenvalue weighted by atomic mass is 10.1. The number of rotatable bonds is 1. The van der Waals surface area contributed by atoms with Crippen LogP contribution in [0.1, 0.15) is 0 Å². The maximum absolute atomic E-state index is 13.6. The van der Waals surface area contributed by atoms with Crippen LogP contribution in [0.25, 0.3) is 16.9 Å². The van der Waals surface area contributed by atoms with Crippen LogP contribution in [0.5, 0.6) is 0 Å². The van der Waals surface area contributed by atoms with E-state index in [-0.39, 0.29) is 5.69 Å². The van der Waals surface area contributed by atoms with Gasteiger partial charge in [-0.2, -0.15) is 0 Å². The van der Waals surface area contributed by atoms with E-state index in [0.717, 1.165) is 0 Å². The Morgan fingerprint density at radius 2 is 1.40 bits per heavy atom. The van der Waals surface area contributed by atoms with Crippen molar-refractivity contribution in [2.75, 3.05) is 0 Å². The highest BCUT2D eigenvalue weighted by Gasteiger charge is 2.27. The SMILES string of the molecule is Fc1c(F)c(F)c(-c2cn3ccccc3n2)c(F)c1F. The average molecular weight is 284 g/mol. The molecule has 2 heterocycles. The first-order valence-corrected chi connectivity index (χ1v) is 5.46. The largest absolute Gasteiger partial charge is 0.306 e. The topological polar surface area (TPSA) is 17.3 Å². The van der Waals surface area contributed by atoms with Gasteiger partial charge < -0.3 is 4.40 Å². The van der Waals surface area contributed by atoms with E-state index in [1.165, 1.54) is 22.9 Å². The number of fused-ring (bicyclic) bond motifs is 1. The predicted octanol–water partition coefficient (Wildman–Crippen LogP) is 3.70. The molecule has 102 valence electrons. The van der Waals surface area contributed by atoms with E-state index < -0.39 is 34.6 Å². The van der Waals surface area contributed by atoms with Crippen molar-refractivity contribution < 1.29 is 22.0 Å². The van der Waals surface area contributed by atoms with Crippen molar-refractivity contribution in [3.63, 3.8) is 0 Å². The molecule has 0 bridgehead atoms. The minimum atomic E-state index is -2.19. The third-order valence-corrected chi connectivity index (χ3v) is 2.83. The molecule has 0 unspecified atom stereocenters. The fraction of sp³-hybridized carbons (Fsp3) is 0. The second kappa shape index (κ2) is 4.29. The van der Waals surface area contributed by atoms with Gasteiger partial charge in [0.05, 0.1) is 11.3 Å². The van der Waals surface area contributed by atoms with Gasteiger partial charge >= 0.3 is 0 Å². The smallest absolute Gasteiger partial charge is 0.200 e. The van der Waals surface area contributed by atoms with Crippen molar-refractivity contribution in [3.8, 4) is 11.3 Å². The van der Waals surface area contributed by atoms with Crippen molar-refractivity contribution in [3.05, 3.63) is 59.7 Å². The number of pyridine rings is 1. The Morgan fingerprint density at radius 1 is 0.800 bits per heavy atom. The van der Waals surface area contributed by atoms with E-state index in [1.54, 1.807) is 12.1 Å². The first-order chi connectivity index (χ1) is 9.50. The molecule has 0 saturated carbocycles. The summed E-state index contributed by atoms with van der Waals surface area (Å²) < 4.78 is 68.0. The molecule has 0 atom stereocenters. The molecule has 0 aliphatic rings. The van der Waals surface area contributed by atoms with Crippen LogP contribution in [-0.2, 0) is 0 Å². The van der Waals surface area contributed by atoms with E-state index in [2.05, 4.69) is 4.98 Å². The Hall–Kier alpha value is -2.44. The van der Waals surface area contributed by atoms with Crippen LogP contribution >= 0.6 is 0 Å². The van der Waals surface area contributed by atoms with Crippen LogP contribution in [0.3, 0.4) is 0 Å². The summed E-state index contributed by atoms with van der Waals surface area (Å²) in [6.07, 6.45) is 2.73. The van der Waals surface area contributed by atoms with Gasteiger partial charge in [-0.05, 0) is 12.1 Å². The molecule has 1 aromatic carbocycles. The van der Waals surface area contributed by atoms with Crippen molar-refractivity contribution in [2.45, 2.75) is 0 Å². The third kappa shape index (κ3) is 1.66. The molecule has 0 fully saturated rings. The number of aromatic nitrogens is 2. The van der Waals surface area contributed by atoms with Crippen LogP contribution < -0.4 is 0 Å². The third-order valence-electron chi connectivity index (χ3n) is 2.83. The summed E-state index contributed by atoms with van der Waals surface area (Å²) in [5.41, 5.74) is -1.04. The van der Waals surface area contributed by atoms with Crippen molar-refractivity contribution in [1.82, 2.24) is 9.38 Å².